The number of halogens is 1. The van der Waals surface area contributed by atoms with Gasteiger partial charge < -0.3 is 10.5 Å². The van der Waals surface area contributed by atoms with Gasteiger partial charge in [0.25, 0.3) is 0 Å². The molecule has 1 aliphatic heterocycles. The van der Waals surface area contributed by atoms with Crippen LogP contribution in [0.2, 0.25) is 5.28 Å². The van der Waals surface area contributed by atoms with Gasteiger partial charge in [-0.2, -0.15) is 15.0 Å². The minimum atomic E-state index is 0.134. The number of nitrogens with zero attached hydrogens (tertiary/aromatic N) is 3. The van der Waals surface area contributed by atoms with Gasteiger partial charge in [-0.25, -0.2) is 0 Å². The Morgan fingerprint density at radius 3 is 2.69 bits per heavy atom. The predicted molar refractivity (Wildman–Crippen MR) is 49.7 cm³/mol. The Kier molecular flexibility index (Phi) is 2.52. The van der Waals surface area contributed by atoms with E-state index in [0.29, 0.717) is 10.4 Å². The molecule has 1 aromatic rings. The first kappa shape index (κ1) is 8.98. The van der Waals surface area contributed by atoms with E-state index in [1.807, 2.05) is 0 Å². The van der Waals surface area contributed by atoms with Gasteiger partial charge in [0.1, 0.15) is 0 Å². The summed E-state index contributed by atoms with van der Waals surface area (Å²) in [5, 5.41) is 1.11. The maximum atomic E-state index is 5.61. The average molecular weight is 219 g/mol. The molecule has 0 atom stereocenters. The zero-order valence-corrected chi connectivity index (χ0v) is 8.18. The summed E-state index contributed by atoms with van der Waals surface area (Å²) in [4.78, 5) is 11.5. The SMILES string of the molecule is Nc1nc(Cl)nc(SC2COC2)n1. The molecule has 0 bridgehead atoms. The highest BCUT2D eigenvalue weighted by atomic mass is 35.5. The number of anilines is 1. The van der Waals surface area contributed by atoms with Crippen LogP contribution in [0.15, 0.2) is 5.16 Å². The van der Waals surface area contributed by atoms with Crippen LogP contribution in [-0.4, -0.2) is 33.4 Å². The van der Waals surface area contributed by atoms with Gasteiger partial charge in [-0.3, -0.25) is 0 Å². The fourth-order valence-electron chi connectivity index (χ4n) is 0.830. The molecule has 0 radical (unpaired) electrons. The fourth-order valence-corrected chi connectivity index (χ4v) is 1.96. The smallest absolute Gasteiger partial charge is 0.228 e. The lowest BCUT2D eigenvalue weighted by Gasteiger charge is -2.24. The van der Waals surface area contributed by atoms with Crippen LogP contribution in [0.3, 0.4) is 0 Å². The zero-order valence-electron chi connectivity index (χ0n) is 6.61. The van der Waals surface area contributed by atoms with E-state index >= 15 is 0 Å². The largest absolute Gasteiger partial charge is 0.379 e. The van der Waals surface area contributed by atoms with Gasteiger partial charge in [0.2, 0.25) is 11.2 Å². The van der Waals surface area contributed by atoms with E-state index < -0.39 is 0 Å². The van der Waals surface area contributed by atoms with E-state index in [1.165, 1.54) is 11.8 Å². The lowest BCUT2D eigenvalue weighted by atomic mass is 10.4. The second-order valence-corrected chi connectivity index (χ2v) is 4.13. The number of hydrogen-bond acceptors (Lipinski definition) is 6. The third-order valence-electron chi connectivity index (χ3n) is 1.48. The molecule has 0 spiro atoms. The average Bonchev–Trinajstić information content (AvgIpc) is 1.95. The minimum Gasteiger partial charge on any atom is -0.379 e. The molecule has 0 saturated carbocycles. The number of hydrogen-bond donors (Lipinski definition) is 1. The van der Waals surface area contributed by atoms with Crippen molar-refractivity contribution in [3.8, 4) is 0 Å². The van der Waals surface area contributed by atoms with Crippen molar-refractivity contribution in [1.82, 2.24) is 15.0 Å². The first-order chi connectivity index (χ1) is 6.24. The number of ether oxygens (including phenoxy) is 1. The van der Waals surface area contributed by atoms with Crippen LogP contribution in [0.4, 0.5) is 5.95 Å². The van der Waals surface area contributed by atoms with Crippen molar-refractivity contribution in [3.05, 3.63) is 5.28 Å². The van der Waals surface area contributed by atoms with E-state index in [0.717, 1.165) is 13.2 Å². The summed E-state index contributed by atoms with van der Waals surface area (Å²) < 4.78 is 5.01. The summed E-state index contributed by atoms with van der Waals surface area (Å²) >= 11 is 7.12. The van der Waals surface area contributed by atoms with Crippen LogP contribution in [0, 0.1) is 0 Å². The summed E-state index contributed by atoms with van der Waals surface area (Å²) in [6.45, 7) is 1.46. The van der Waals surface area contributed by atoms with Gasteiger partial charge in [0.05, 0.1) is 18.5 Å². The van der Waals surface area contributed by atoms with Crippen molar-refractivity contribution in [2.75, 3.05) is 18.9 Å². The topological polar surface area (TPSA) is 73.9 Å². The maximum absolute atomic E-state index is 5.61. The Morgan fingerprint density at radius 1 is 1.38 bits per heavy atom. The summed E-state index contributed by atoms with van der Waals surface area (Å²) in [5.74, 6) is 0.155. The third-order valence-corrected chi connectivity index (χ3v) is 2.65. The molecule has 5 nitrogen and oxygen atoms in total. The van der Waals surface area contributed by atoms with E-state index in [1.54, 1.807) is 0 Å². The number of nitrogen functional groups attached to an aromatic ring is 1. The van der Waals surface area contributed by atoms with Crippen molar-refractivity contribution in [3.63, 3.8) is 0 Å². The molecule has 0 amide bonds. The van der Waals surface area contributed by atoms with Crippen LogP contribution >= 0.6 is 23.4 Å². The van der Waals surface area contributed by atoms with Gasteiger partial charge >= 0.3 is 0 Å². The standard InChI is InChI=1S/C6H7ClN4OS/c7-4-9-5(8)11-6(10-4)13-3-1-12-2-3/h3H,1-2H2,(H2,8,9,10,11). The summed E-state index contributed by atoms with van der Waals surface area (Å²) in [5.41, 5.74) is 5.40. The monoisotopic (exact) mass is 218 g/mol. The van der Waals surface area contributed by atoms with Gasteiger partial charge in [-0.1, -0.05) is 11.8 Å². The Hall–Kier alpha value is -0.590. The van der Waals surface area contributed by atoms with Crippen molar-refractivity contribution in [2.24, 2.45) is 0 Å². The van der Waals surface area contributed by atoms with E-state index in [4.69, 9.17) is 22.1 Å². The first-order valence-electron chi connectivity index (χ1n) is 3.65. The van der Waals surface area contributed by atoms with Crippen LogP contribution < -0.4 is 5.73 Å². The molecule has 1 fully saturated rings. The molecular formula is C6H7ClN4OS. The van der Waals surface area contributed by atoms with Crippen molar-refractivity contribution >= 4 is 29.3 Å². The van der Waals surface area contributed by atoms with Crippen molar-refractivity contribution < 1.29 is 4.74 Å². The Labute approximate surface area is 84.1 Å². The lowest BCUT2D eigenvalue weighted by Crippen LogP contribution is -2.30. The van der Waals surface area contributed by atoms with Gasteiger partial charge in [-0.05, 0) is 11.6 Å². The van der Waals surface area contributed by atoms with E-state index in [-0.39, 0.29) is 11.2 Å². The minimum absolute atomic E-state index is 0.134. The number of thioether (sulfide) groups is 1. The molecule has 2 rings (SSSR count). The summed E-state index contributed by atoms with van der Waals surface area (Å²) in [7, 11) is 0. The van der Waals surface area contributed by atoms with Crippen LogP contribution in [-0.2, 0) is 4.74 Å². The molecule has 7 heteroatoms. The lowest BCUT2D eigenvalue weighted by molar-refractivity contribution is 0.0454. The van der Waals surface area contributed by atoms with Gasteiger partial charge in [0, 0.05) is 0 Å². The van der Waals surface area contributed by atoms with Crippen LogP contribution in [0.25, 0.3) is 0 Å². The summed E-state index contributed by atoms with van der Waals surface area (Å²) in [6.07, 6.45) is 0. The second-order valence-electron chi connectivity index (χ2n) is 2.52. The second kappa shape index (κ2) is 3.65. The molecule has 1 saturated heterocycles. The van der Waals surface area contributed by atoms with E-state index in [2.05, 4.69) is 15.0 Å². The molecule has 1 aliphatic rings. The number of rotatable bonds is 2. The fraction of sp³-hybridized carbons (Fsp3) is 0.500. The van der Waals surface area contributed by atoms with Gasteiger partial charge in [0.15, 0.2) is 5.16 Å². The Morgan fingerprint density at radius 2 is 2.15 bits per heavy atom. The number of aromatic nitrogens is 3. The third kappa shape index (κ3) is 2.20. The predicted octanol–water partition coefficient (Wildman–Crippen LogP) is 0.598. The molecular weight excluding hydrogens is 212 g/mol. The molecule has 2 heterocycles. The first-order valence-corrected chi connectivity index (χ1v) is 4.91. The van der Waals surface area contributed by atoms with Gasteiger partial charge in [-0.15, -0.1) is 0 Å². The Balaban J connectivity index is 2.10. The molecule has 70 valence electrons. The Bertz CT molecular complexity index is 299. The molecule has 0 aliphatic carbocycles. The van der Waals surface area contributed by atoms with E-state index in [9.17, 15) is 0 Å². The highest BCUT2D eigenvalue weighted by Crippen LogP contribution is 2.25. The highest BCUT2D eigenvalue weighted by molar-refractivity contribution is 7.99. The summed E-state index contributed by atoms with van der Waals surface area (Å²) in [6, 6.07) is 0. The number of nitrogens with two attached hydrogens (primary N) is 1. The molecule has 1 aromatic heterocycles. The van der Waals surface area contributed by atoms with Crippen LogP contribution in [0.5, 0.6) is 0 Å². The zero-order chi connectivity index (χ0) is 9.26. The maximum Gasteiger partial charge on any atom is 0.228 e. The molecule has 13 heavy (non-hydrogen) atoms. The molecule has 0 unspecified atom stereocenters. The molecule has 2 N–H and O–H groups in total. The molecule has 0 aromatic carbocycles. The van der Waals surface area contributed by atoms with Crippen molar-refractivity contribution in [1.29, 1.82) is 0 Å². The normalized spacial score (nSPS) is 17.0. The highest BCUT2D eigenvalue weighted by Gasteiger charge is 2.21. The van der Waals surface area contributed by atoms with Crippen molar-refractivity contribution in [2.45, 2.75) is 10.4 Å². The quantitative estimate of drug-likeness (QED) is 0.784. The van der Waals surface area contributed by atoms with Crippen LogP contribution in [0.1, 0.15) is 0 Å².